The Bertz CT molecular complexity index is 956. The van der Waals surface area contributed by atoms with Crippen molar-refractivity contribution >= 4 is 11.7 Å². The third kappa shape index (κ3) is 6.34. The lowest BCUT2D eigenvalue weighted by Crippen LogP contribution is -2.28. The van der Waals surface area contributed by atoms with E-state index in [1.807, 2.05) is 36.4 Å². The van der Waals surface area contributed by atoms with Gasteiger partial charge >= 0.3 is 6.03 Å². The highest BCUT2D eigenvalue weighted by Gasteiger charge is 2.13. The summed E-state index contributed by atoms with van der Waals surface area (Å²) in [6.45, 7) is 2.27. The summed E-state index contributed by atoms with van der Waals surface area (Å²) in [6.07, 6.45) is 8.32. The number of carbonyl (C=O) groups is 1. The van der Waals surface area contributed by atoms with E-state index in [9.17, 15) is 4.79 Å². The number of carbonyl (C=O) groups excluding carboxylic acids is 1. The van der Waals surface area contributed by atoms with E-state index in [4.69, 9.17) is 9.47 Å². The number of rotatable bonds is 8. The van der Waals surface area contributed by atoms with Crippen LogP contribution in [0.3, 0.4) is 0 Å². The van der Waals surface area contributed by atoms with Crippen molar-refractivity contribution in [2.24, 2.45) is 0 Å². The fourth-order valence-electron chi connectivity index (χ4n) is 3.33. The molecule has 1 aromatic carbocycles. The van der Waals surface area contributed by atoms with Crippen molar-refractivity contribution in [1.29, 1.82) is 0 Å². The quantitative estimate of drug-likeness (QED) is 0.578. The molecule has 0 aliphatic carbocycles. The highest BCUT2D eigenvalue weighted by molar-refractivity contribution is 5.89. The van der Waals surface area contributed by atoms with Crippen molar-refractivity contribution in [3.63, 3.8) is 0 Å². The second-order valence-corrected chi connectivity index (χ2v) is 7.38. The number of hydrogen-bond donors (Lipinski definition) is 2. The zero-order valence-electron chi connectivity index (χ0n) is 17.2. The molecule has 1 fully saturated rings. The van der Waals surface area contributed by atoms with Gasteiger partial charge in [-0.3, -0.25) is 0 Å². The molecule has 1 atom stereocenters. The fraction of sp³-hybridized carbons (Fsp3) is 0.364. The standard InChI is InChI=1S/C22H26N6O3/c29-22(25-12-18-7-8-21(24-11-18)28-16-23-15-26-28)27-19-5-3-4-17(10-19)13-30-14-20-6-1-2-9-31-20/h3-5,7-8,10-11,15-16,20H,1-2,6,9,12-14H2,(H2,25,27,29). The number of amides is 2. The Hall–Kier alpha value is -3.30. The molecule has 1 aliphatic heterocycles. The van der Waals surface area contributed by atoms with Crippen molar-refractivity contribution in [3.05, 3.63) is 66.4 Å². The molecule has 0 saturated carbocycles. The van der Waals surface area contributed by atoms with Crippen LogP contribution in [-0.4, -0.2) is 45.1 Å². The van der Waals surface area contributed by atoms with Gasteiger partial charge in [-0.1, -0.05) is 18.2 Å². The van der Waals surface area contributed by atoms with Gasteiger partial charge in [0.2, 0.25) is 0 Å². The zero-order valence-corrected chi connectivity index (χ0v) is 17.2. The van der Waals surface area contributed by atoms with Gasteiger partial charge in [-0.2, -0.15) is 5.10 Å². The Morgan fingerprint density at radius 2 is 2.19 bits per heavy atom. The van der Waals surface area contributed by atoms with Crippen LogP contribution in [0, 0.1) is 0 Å². The predicted octanol–water partition coefficient (Wildman–Crippen LogP) is 3.07. The van der Waals surface area contributed by atoms with Crippen LogP contribution in [0.5, 0.6) is 0 Å². The van der Waals surface area contributed by atoms with Crippen molar-refractivity contribution in [2.75, 3.05) is 18.5 Å². The number of hydrogen-bond acceptors (Lipinski definition) is 6. The molecule has 2 N–H and O–H groups in total. The number of anilines is 1. The van der Waals surface area contributed by atoms with Gasteiger partial charge in [0, 0.05) is 25.0 Å². The van der Waals surface area contributed by atoms with Gasteiger partial charge in [0.15, 0.2) is 5.82 Å². The van der Waals surface area contributed by atoms with Gasteiger partial charge in [-0.15, -0.1) is 0 Å². The highest BCUT2D eigenvalue weighted by Crippen LogP contribution is 2.15. The summed E-state index contributed by atoms with van der Waals surface area (Å²) < 4.78 is 13.0. The van der Waals surface area contributed by atoms with Crippen LogP contribution in [-0.2, 0) is 22.6 Å². The lowest BCUT2D eigenvalue weighted by molar-refractivity contribution is -0.0447. The van der Waals surface area contributed by atoms with Crippen molar-refractivity contribution in [3.8, 4) is 5.82 Å². The van der Waals surface area contributed by atoms with E-state index in [0.717, 1.165) is 30.6 Å². The van der Waals surface area contributed by atoms with Crippen LogP contribution in [0.4, 0.5) is 10.5 Å². The summed E-state index contributed by atoms with van der Waals surface area (Å²) in [7, 11) is 0. The average Bonchev–Trinajstić information content (AvgIpc) is 3.34. The molecule has 31 heavy (non-hydrogen) atoms. The summed E-state index contributed by atoms with van der Waals surface area (Å²) in [6, 6.07) is 11.1. The van der Waals surface area contributed by atoms with Crippen LogP contribution < -0.4 is 10.6 Å². The molecule has 3 heterocycles. The number of ether oxygens (including phenoxy) is 2. The lowest BCUT2D eigenvalue weighted by Gasteiger charge is -2.22. The molecule has 0 bridgehead atoms. The first kappa shape index (κ1) is 21.0. The summed E-state index contributed by atoms with van der Waals surface area (Å²) in [4.78, 5) is 20.5. The van der Waals surface area contributed by atoms with Gasteiger partial charge in [0.05, 0.1) is 19.3 Å². The molecular formula is C22H26N6O3. The molecule has 1 unspecified atom stereocenters. The Kier molecular flexibility index (Phi) is 7.20. The largest absolute Gasteiger partial charge is 0.376 e. The second kappa shape index (κ2) is 10.6. The minimum absolute atomic E-state index is 0.195. The molecule has 2 amide bonds. The molecule has 2 aromatic heterocycles. The second-order valence-electron chi connectivity index (χ2n) is 7.38. The Morgan fingerprint density at radius 1 is 1.23 bits per heavy atom. The van der Waals surface area contributed by atoms with Crippen molar-refractivity contribution in [2.45, 2.75) is 38.5 Å². The van der Waals surface area contributed by atoms with Gasteiger partial charge in [-0.05, 0) is 48.6 Å². The van der Waals surface area contributed by atoms with Crippen molar-refractivity contribution < 1.29 is 14.3 Å². The number of pyridine rings is 1. The summed E-state index contributed by atoms with van der Waals surface area (Å²) in [5.74, 6) is 0.666. The smallest absolute Gasteiger partial charge is 0.319 e. The van der Waals surface area contributed by atoms with E-state index >= 15 is 0 Å². The molecule has 3 aromatic rings. The lowest BCUT2D eigenvalue weighted by atomic mass is 10.1. The van der Waals surface area contributed by atoms with E-state index in [0.29, 0.717) is 31.3 Å². The van der Waals surface area contributed by atoms with Gasteiger partial charge < -0.3 is 20.1 Å². The number of benzene rings is 1. The maximum absolute atomic E-state index is 12.3. The monoisotopic (exact) mass is 422 g/mol. The maximum Gasteiger partial charge on any atom is 0.319 e. The van der Waals surface area contributed by atoms with Gasteiger partial charge in [0.25, 0.3) is 0 Å². The molecule has 9 nitrogen and oxygen atoms in total. The number of aromatic nitrogens is 4. The zero-order chi connectivity index (χ0) is 21.3. The first-order valence-corrected chi connectivity index (χ1v) is 10.4. The molecule has 0 radical (unpaired) electrons. The number of nitrogens with zero attached hydrogens (tertiary/aromatic N) is 4. The molecule has 1 saturated heterocycles. The van der Waals surface area contributed by atoms with Gasteiger partial charge in [0.1, 0.15) is 12.7 Å². The van der Waals surface area contributed by atoms with Crippen LogP contribution in [0.1, 0.15) is 30.4 Å². The Balaban J connectivity index is 1.21. The molecule has 4 rings (SSSR count). The topological polar surface area (TPSA) is 103 Å². The third-order valence-electron chi connectivity index (χ3n) is 4.95. The Labute approximate surface area is 180 Å². The fourth-order valence-corrected chi connectivity index (χ4v) is 3.33. The summed E-state index contributed by atoms with van der Waals surface area (Å²) in [5, 5.41) is 9.72. The molecule has 0 spiro atoms. The number of urea groups is 1. The average molecular weight is 422 g/mol. The predicted molar refractivity (Wildman–Crippen MR) is 115 cm³/mol. The van der Waals surface area contributed by atoms with E-state index in [2.05, 4.69) is 25.7 Å². The van der Waals surface area contributed by atoms with Crippen LogP contribution in [0.15, 0.2) is 55.2 Å². The molecule has 162 valence electrons. The van der Waals surface area contributed by atoms with E-state index in [1.54, 1.807) is 17.2 Å². The molecule has 9 heteroatoms. The van der Waals surface area contributed by atoms with Crippen molar-refractivity contribution in [1.82, 2.24) is 25.1 Å². The normalized spacial score (nSPS) is 16.1. The first-order chi connectivity index (χ1) is 15.3. The van der Waals surface area contributed by atoms with Crippen LogP contribution in [0.25, 0.3) is 5.82 Å². The third-order valence-corrected chi connectivity index (χ3v) is 4.95. The minimum atomic E-state index is -0.283. The van der Waals surface area contributed by atoms with Crippen LogP contribution in [0.2, 0.25) is 0 Å². The number of nitrogens with one attached hydrogen (secondary N) is 2. The SMILES string of the molecule is O=C(NCc1ccc(-n2cncn2)nc1)Nc1cccc(COCC2CCCCO2)c1. The minimum Gasteiger partial charge on any atom is -0.376 e. The molecule has 1 aliphatic rings. The van der Waals surface area contributed by atoms with Crippen LogP contribution >= 0.6 is 0 Å². The first-order valence-electron chi connectivity index (χ1n) is 10.4. The Morgan fingerprint density at radius 3 is 2.97 bits per heavy atom. The maximum atomic E-state index is 12.3. The van der Waals surface area contributed by atoms with Gasteiger partial charge in [-0.25, -0.2) is 19.4 Å². The molecular weight excluding hydrogens is 396 g/mol. The summed E-state index contributed by atoms with van der Waals surface area (Å²) in [5.41, 5.74) is 2.60. The van der Waals surface area contributed by atoms with E-state index in [1.165, 1.54) is 12.7 Å². The summed E-state index contributed by atoms with van der Waals surface area (Å²) >= 11 is 0. The highest BCUT2D eigenvalue weighted by atomic mass is 16.5. The van der Waals surface area contributed by atoms with E-state index < -0.39 is 0 Å². The van der Waals surface area contributed by atoms with E-state index in [-0.39, 0.29) is 12.1 Å².